The number of halogens is 2. The minimum absolute atomic E-state index is 0. The van der Waals surface area contributed by atoms with Gasteiger partial charge in [0.05, 0.1) is 11.0 Å². The van der Waals surface area contributed by atoms with Crippen LogP contribution in [0.3, 0.4) is 0 Å². The van der Waals surface area contributed by atoms with Gasteiger partial charge in [-0.15, -0.1) is 12.4 Å². The van der Waals surface area contributed by atoms with E-state index in [0.717, 1.165) is 31.9 Å². The first kappa shape index (κ1) is 17.8. The van der Waals surface area contributed by atoms with Crippen LogP contribution in [-0.2, 0) is 6.54 Å². The number of hydrogen-bond acceptors (Lipinski definition) is 4. The van der Waals surface area contributed by atoms with E-state index in [9.17, 15) is 14.5 Å². The molecule has 2 rings (SSSR count). The lowest BCUT2D eigenvalue weighted by Gasteiger charge is -2.38. The SMILES string of the molecule is CC(N)C1CCCCN1Cc1ccc([N+](=O)[O-])cc1F.Cl. The van der Waals surface area contributed by atoms with Crippen molar-refractivity contribution in [3.63, 3.8) is 0 Å². The molecule has 5 nitrogen and oxygen atoms in total. The molecule has 1 aromatic rings. The molecule has 1 aliphatic rings. The van der Waals surface area contributed by atoms with Crippen molar-refractivity contribution in [3.8, 4) is 0 Å². The van der Waals surface area contributed by atoms with Crippen LogP contribution in [0, 0.1) is 15.9 Å². The Morgan fingerprint density at radius 1 is 1.52 bits per heavy atom. The first-order valence-corrected chi connectivity index (χ1v) is 6.91. The van der Waals surface area contributed by atoms with Crippen LogP contribution < -0.4 is 5.73 Å². The van der Waals surface area contributed by atoms with Crippen molar-refractivity contribution in [2.75, 3.05) is 6.54 Å². The fourth-order valence-electron chi connectivity index (χ4n) is 2.81. The van der Waals surface area contributed by atoms with E-state index in [1.807, 2.05) is 6.92 Å². The summed E-state index contributed by atoms with van der Waals surface area (Å²) in [5.41, 5.74) is 6.26. The fraction of sp³-hybridized carbons (Fsp3) is 0.571. The van der Waals surface area contributed by atoms with Crippen molar-refractivity contribution in [1.82, 2.24) is 4.90 Å². The van der Waals surface area contributed by atoms with E-state index >= 15 is 0 Å². The molecule has 2 unspecified atom stereocenters. The van der Waals surface area contributed by atoms with E-state index in [0.29, 0.717) is 12.1 Å². The zero-order valence-corrected chi connectivity index (χ0v) is 12.8. The number of likely N-dealkylation sites (tertiary alicyclic amines) is 1. The molecule has 0 bridgehead atoms. The van der Waals surface area contributed by atoms with E-state index in [2.05, 4.69) is 4.90 Å². The van der Waals surface area contributed by atoms with Gasteiger partial charge in [-0.05, 0) is 32.4 Å². The van der Waals surface area contributed by atoms with Gasteiger partial charge in [0.2, 0.25) is 0 Å². The summed E-state index contributed by atoms with van der Waals surface area (Å²) in [7, 11) is 0. The van der Waals surface area contributed by atoms with Gasteiger partial charge >= 0.3 is 0 Å². The Hall–Kier alpha value is -1.24. The maximum Gasteiger partial charge on any atom is 0.272 e. The molecule has 0 saturated carbocycles. The number of rotatable bonds is 4. The Morgan fingerprint density at radius 2 is 2.24 bits per heavy atom. The predicted molar refractivity (Wildman–Crippen MR) is 82.0 cm³/mol. The molecular formula is C14H21ClFN3O2. The molecule has 1 heterocycles. The second-order valence-electron chi connectivity index (χ2n) is 5.43. The molecule has 0 aromatic heterocycles. The fourth-order valence-corrected chi connectivity index (χ4v) is 2.81. The minimum atomic E-state index is -0.585. The summed E-state index contributed by atoms with van der Waals surface area (Å²) in [5, 5.41) is 10.6. The molecule has 0 amide bonds. The third kappa shape index (κ3) is 4.36. The number of nitrogens with two attached hydrogens (primary N) is 1. The number of non-ortho nitro benzene ring substituents is 1. The summed E-state index contributed by atoms with van der Waals surface area (Å²) in [5.74, 6) is -0.520. The minimum Gasteiger partial charge on any atom is -0.327 e. The van der Waals surface area contributed by atoms with Crippen LogP contribution in [0.15, 0.2) is 18.2 Å². The molecule has 1 aromatic carbocycles. The van der Waals surface area contributed by atoms with Gasteiger partial charge in [0.1, 0.15) is 5.82 Å². The number of nitro benzene ring substituents is 1. The molecule has 1 aliphatic heterocycles. The van der Waals surface area contributed by atoms with Gasteiger partial charge < -0.3 is 5.73 Å². The molecule has 0 aliphatic carbocycles. The normalized spacial score (nSPS) is 20.6. The molecule has 1 saturated heterocycles. The largest absolute Gasteiger partial charge is 0.327 e. The van der Waals surface area contributed by atoms with Gasteiger partial charge in [-0.3, -0.25) is 15.0 Å². The third-order valence-corrected chi connectivity index (χ3v) is 3.89. The molecule has 0 spiro atoms. The molecule has 2 atom stereocenters. The first-order chi connectivity index (χ1) is 9.49. The summed E-state index contributed by atoms with van der Waals surface area (Å²) in [6.45, 7) is 3.31. The smallest absolute Gasteiger partial charge is 0.272 e. The predicted octanol–water partition coefficient (Wildman–Crippen LogP) is 2.86. The Labute approximate surface area is 129 Å². The summed E-state index contributed by atoms with van der Waals surface area (Å²) in [4.78, 5) is 12.2. The van der Waals surface area contributed by atoms with E-state index in [-0.39, 0.29) is 30.2 Å². The van der Waals surface area contributed by atoms with Crippen LogP contribution in [0.2, 0.25) is 0 Å². The van der Waals surface area contributed by atoms with Crippen LogP contribution in [0.25, 0.3) is 0 Å². The van der Waals surface area contributed by atoms with Crippen LogP contribution in [0.1, 0.15) is 31.7 Å². The Balaban J connectivity index is 0.00000220. The van der Waals surface area contributed by atoms with Gasteiger partial charge in [-0.2, -0.15) is 0 Å². The summed E-state index contributed by atoms with van der Waals surface area (Å²) < 4.78 is 13.9. The third-order valence-electron chi connectivity index (χ3n) is 3.89. The van der Waals surface area contributed by atoms with Gasteiger partial charge in [-0.1, -0.05) is 6.42 Å². The first-order valence-electron chi connectivity index (χ1n) is 6.91. The maximum absolute atomic E-state index is 13.9. The molecule has 2 N–H and O–H groups in total. The Kier molecular flexibility index (Phi) is 6.51. The number of piperidine rings is 1. The number of nitrogens with zero attached hydrogens (tertiary/aromatic N) is 2. The van der Waals surface area contributed by atoms with E-state index in [1.165, 1.54) is 12.1 Å². The summed E-state index contributed by atoms with van der Waals surface area (Å²) in [6, 6.07) is 4.12. The summed E-state index contributed by atoms with van der Waals surface area (Å²) >= 11 is 0. The number of hydrogen-bond donors (Lipinski definition) is 1. The quantitative estimate of drug-likeness (QED) is 0.684. The molecule has 7 heteroatoms. The van der Waals surface area contributed by atoms with E-state index in [4.69, 9.17) is 5.73 Å². The standard InChI is InChI=1S/C14H20FN3O2.ClH/c1-10(16)14-4-2-3-7-17(14)9-11-5-6-12(18(19)20)8-13(11)15;/h5-6,8,10,14H,2-4,7,9,16H2,1H3;1H. The van der Waals surface area contributed by atoms with Crippen LogP contribution in [0.5, 0.6) is 0 Å². The second kappa shape index (κ2) is 7.68. The van der Waals surface area contributed by atoms with Crippen LogP contribution in [-0.4, -0.2) is 28.5 Å². The van der Waals surface area contributed by atoms with Crippen molar-refractivity contribution in [3.05, 3.63) is 39.7 Å². The van der Waals surface area contributed by atoms with E-state index < -0.39 is 10.7 Å². The molecule has 118 valence electrons. The maximum atomic E-state index is 13.9. The van der Waals surface area contributed by atoms with Crippen LogP contribution >= 0.6 is 12.4 Å². The van der Waals surface area contributed by atoms with Crippen molar-refractivity contribution in [2.24, 2.45) is 5.73 Å². The molecule has 21 heavy (non-hydrogen) atoms. The lowest BCUT2D eigenvalue weighted by molar-refractivity contribution is -0.385. The highest BCUT2D eigenvalue weighted by Gasteiger charge is 2.26. The van der Waals surface area contributed by atoms with Crippen molar-refractivity contribution >= 4 is 18.1 Å². The van der Waals surface area contributed by atoms with Crippen molar-refractivity contribution in [2.45, 2.75) is 44.8 Å². The molecule has 1 fully saturated rings. The van der Waals surface area contributed by atoms with E-state index in [1.54, 1.807) is 0 Å². The highest BCUT2D eigenvalue weighted by Crippen LogP contribution is 2.24. The van der Waals surface area contributed by atoms with Crippen molar-refractivity contribution < 1.29 is 9.31 Å². The van der Waals surface area contributed by atoms with Gasteiger partial charge in [0, 0.05) is 30.3 Å². The lowest BCUT2D eigenvalue weighted by Crippen LogP contribution is -2.48. The molecule has 0 radical (unpaired) electrons. The highest BCUT2D eigenvalue weighted by molar-refractivity contribution is 5.85. The average molecular weight is 318 g/mol. The van der Waals surface area contributed by atoms with Crippen molar-refractivity contribution in [1.29, 1.82) is 0 Å². The Morgan fingerprint density at radius 3 is 2.81 bits per heavy atom. The van der Waals surface area contributed by atoms with Gasteiger partial charge in [-0.25, -0.2) is 4.39 Å². The lowest BCUT2D eigenvalue weighted by atomic mass is 9.96. The topological polar surface area (TPSA) is 72.4 Å². The van der Waals surface area contributed by atoms with Gasteiger partial charge in [0.15, 0.2) is 0 Å². The second-order valence-corrected chi connectivity index (χ2v) is 5.43. The molecular weight excluding hydrogens is 297 g/mol. The van der Waals surface area contributed by atoms with Crippen LogP contribution in [0.4, 0.5) is 10.1 Å². The number of benzene rings is 1. The summed E-state index contributed by atoms with van der Waals surface area (Å²) in [6.07, 6.45) is 3.25. The monoisotopic (exact) mass is 317 g/mol. The Bertz CT molecular complexity index is 499. The average Bonchev–Trinajstić information content (AvgIpc) is 2.41. The zero-order valence-electron chi connectivity index (χ0n) is 12.0. The van der Waals surface area contributed by atoms with Gasteiger partial charge in [0.25, 0.3) is 5.69 Å². The zero-order chi connectivity index (χ0) is 14.7. The highest BCUT2D eigenvalue weighted by atomic mass is 35.5. The number of nitro groups is 1.